The number of carbonyl (C=O) groups is 1. The van der Waals surface area contributed by atoms with Crippen LogP contribution in [0.2, 0.25) is 0 Å². The van der Waals surface area contributed by atoms with E-state index in [-0.39, 0.29) is 11.8 Å². The summed E-state index contributed by atoms with van der Waals surface area (Å²) in [6, 6.07) is 17.4. The molecule has 3 nitrogen and oxygen atoms in total. The average Bonchev–Trinajstić information content (AvgIpc) is 2.67. The van der Waals surface area contributed by atoms with Gasteiger partial charge in [-0.25, -0.2) is 0 Å². The van der Waals surface area contributed by atoms with Gasteiger partial charge in [-0.3, -0.25) is 9.69 Å². The molecule has 1 N–H and O–H groups in total. The van der Waals surface area contributed by atoms with Gasteiger partial charge < -0.3 is 5.32 Å². The molecule has 0 bridgehead atoms. The first-order chi connectivity index (χ1) is 13.1. The number of benzene rings is 2. The number of rotatable bonds is 7. The Bertz CT molecular complexity index is 730. The summed E-state index contributed by atoms with van der Waals surface area (Å²) in [5.41, 5.74) is 5.32. The largest absolute Gasteiger partial charge is 0.356 e. The Hall–Kier alpha value is -2.13. The van der Waals surface area contributed by atoms with Gasteiger partial charge in [0.2, 0.25) is 5.91 Å². The van der Waals surface area contributed by atoms with Crippen LogP contribution < -0.4 is 5.32 Å². The van der Waals surface area contributed by atoms with Gasteiger partial charge in [-0.1, -0.05) is 59.7 Å². The molecule has 1 saturated heterocycles. The highest BCUT2D eigenvalue weighted by atomic mass is 16.1. The van der Waals surface area contributed by atoms with Crippen LogP contribution in [-0.4, -0.2) is 30.4 Å². The van der Waals surface area contributed by atoms with E-state index in [1.54, 1.807) is 0 Å². The monoisotopic (exact) mass is 364 g/mol. The van der Waals surface area contributed by atoms with Crippen LogP contribution in [0, 0.1) is 19.8 Å². The molecule has 144 valence electrons. The van der Waals surface area contributed by atoms with Gasteiger partial charge in [-0.2, -0.15) is 0 Å². The highest BCUT2D eigenvalue weighted by Crippen LogP contribution is 2.19. The van der Waals surface area contributed by atoms with E-state index in [0.717, 1.165) is 51.9 Å². The van der Waals surface area contributed by atoms with Crippen molar-refractivity contribution in [3.05, 3.63) is 70.8 Å². The number of carbonyl (C=O) groups excluding carboxylic acids is 1. The topological polar surface area (TPSA) is 32.3 Å². The lowest BCUT2D eigenvalue weighted by atomic mass is 9.95. The number of nitrogens with zero attached hydrogens (tertiary/aromatic N) is 1. The van der Waals surface area contributed by atoms with E-state index in [1.165, 1.54) is 22.3 Å². The number of nitrogens with one attached hydrogen (secondary N) is 1. The van der Waals surface area contributed by atoms with Crippen LogP contribution in [0.5, 0.6) is 0 Å². The number of aryl methyl sites for hydroxylation is 3. The van der Waals surface area contributed by atoms with Gasteiger partial charge in [0.1, 0.15) is 0 Å². The highest BCUT2D eigenvalue weighted by molar-refractivity contribution is 5.78. The summed E-state index contributed by atoms with van der Waals surface area (Å²) in [5.74, 6) is 0.424. The van der Waals surface area contributed by atoms with Crippen molar-refractivity contribution < 1.29 is 4.79 Å². The zero-order valence-corrected chi connectivity index (χ0v) is 16.7. The summed E-state index contributed by atoms with van der Waals surface area (Å²) < 4.78 is 0. The first-order valence-corrected chi connectivity index (χ1v) is 10.2. The molecule has 1 aliphatic rings. The van der Waals surface area contributed by atoms with Gasteiger partial charge >= 0.3 is 0 Å². The summed E-state index contributed by atoms with van der Waals surface area (Å²) in [4.78, 5) is 14.9. The second-order valence-corrected chi connectivity index (χ2v) is 7.92. The second-order valence-electron chi connectivity index (χ2n) is 7.92. The SMILES string of the molecule is Cc1ccc(CN2CCC(C(=O)NCCCc3cccc(C)c3)CC2)cc1. The second kappa shape index (κ2) is 9.70. The number of likely N-dealkylation sites (tertiary alicyclic amines) is 1. The zero-order chi connectivity index (χ0) is 19.1. The fraction of sp³-hybridized carbons (Fsp3) is 0.458. The Morgan fingerprint density at radius 2 is 1.74 bits per heavy atom. The Balaban J connectivity index is 1.34. The molecule has 0 aromatic heterocycles. The van der Waals surface area contributed by atoms with Gasteiger partial charge in [-0.05, 0) is 63.7 Å². The Morgan fingerprint density at radius 3 is 2.44 bits per heavy atom. The van der Waals surface area contributed by atoms with E-state index < -0.39 is 0 Å². The molecule has 1 heterocycles. The molecule has 0 atom stereocenters. The first kappa shape index (κ1) is 19.6. The minimum atomic E-state index is 0.179. The van der Waals surface area contributed by atoms with E-state index in [4.69, 9.17) is 0 Å². The Morgan fingerprint density at radius 1 is 1.00 bits per heavy atom. The van der Waals surface area contributed by atoms with Crippen molar-refractivity contribution in [3.8, 4) is 0 Å². The van der Waals surface area contributed by atoms with E-state index >= 15 is 0 Å². The Labute approximate surface area is 163 Å². The van der Waals surface area contributed by atoms with Gasteiger partial charge in [0.25, 0.3) is 0 Å². The van der Waals surface area contributed by atoms with Crippen molar-refractivity contribution >= 4 is 5.91 Å². The third-order valence-corrected chi connectivity index (χ3v) is 5.51. The number of hydrogen-bond acceptors (Lipinski definition) is 2. The minimum Gasteiger partial charge on any atom is -0.356 e. The smallest absolute Gasteiger partial charge is 0.223 e. The standard InChI is InChI=1S/C24H32N2O/c1-19-8-10-22(11-9-19)18-26-15-12-23(13-16-26)24(27)25-14-4-7-21-6-3-5-20(2)17-21/h3,5-6,8-11,17,23H,4,7,12-16,18H2,1-2H3,(H,25,27). The minimum absolute atomic E-state index is 0.179. The van der Waals surface area contributed by atoms with Crippen molar-refractivity contribution in [2.24, 2.45) is 5.92 Å². The predicted molar refractivity (Wildman–Crippen MR) is 112 cm³/mol. The summed E-state index contributed by atoms with van der Waals surface area (Å²) in [7, 11) is 0. The molecule has 2 aromatic carbocycles. The van der Waals surface area contributed by atoms with Crippen LogP contribution in [0.15, 0.2) is 48.5 Å². The van der Waals surface area contributed by atoms with Crippen molar-refractivity contribution in [2.45, 2.75) is 46.1 Å². The lowest BCUT2D eigenvalue weighted by molar-refractivity contribution is -0.126. The summed E-state index contributed by atoms with van der Waals surface area (Å²) in [5, 5.41) is 3.15. The van der Waals surface area contributed by atoms with Crippen molar-refractivity contribution in [3.63, 3.8) is 0 Å². The third-order valence-electron chi connectivity index (χ3n) is 5.51. The van der Waals surface area contributed by atoms with Gasteiger partial charge in [-0.15, -0.1) is 0 Å². The van der Waals surface area contributed by atoms with E-state index in [1.807, 2.05) is 0 Å². The maximum Gasteiger partial charge on any atom is 0.223 e. The van der Waals surface area contributed by atoms with Crippen LogP contribution in [0.4, 0.5) is 0 Å². The fourth-order valence-corrected chi connectivity index (χ4v) is 3.82. The van der Waals surface area contributed by atoms with Crippen molar-refractivity contribution in [2.75, 3.05) is 19.6 Å². The molecule has 0 aliphatic carbocycles. The highest BCUT2D eigenvalue weighted by Gasteiger charge is 2.24. The van der Waals surface area contributed by atoms with E-state index in [2.05, 4.69) is 72.6 Å². The van der Waals surface area contributed by atoms with Crippen LogP contribution in [0.3, 0.4) is 0 Å². The molecular weight excluding hydrogens is 332 g/mol. The molecule has 2 aromatic rings. The maximum absolute atomic E-state index is 12.4. The normalized spacial score (nSPS) is 15.6. The molecule has 3 heteroatoms. The van der Waals surface area contributed by atoms with E-state index in [0.29, 0.717) is 0 Å². The summed E-state index contributed by atoms with van der Waals surface area (Å²) >= 11 is 0. The first-order valence-electron chi connectivity index (χ1n) is 10.2. The molecule has 0 saturated carbocycles. The maximum atomic E-state index is 12.4. The van der Waals surface area contributed by atoms with Gasteiger partial charge in [0.05, 0.1) is 0 Å². The predicted octanol–water partition coefficient (Wildman–Crippen LogP) is 4.26. The van der Waals surface area contributed by atoms with Crippen LogP contribution in [0.25, 0.3) is 0 Å². The molecule has 1 amide bonds. The summed E-state index contributed by atoms with van der Waals surface area (Å²) in [6.45, 7) is 8.03. The van der Waals surface area contributed by atoms with Gasteiger partial charge in [0, 0.05) is 19.0 Å². The average molecular weight is 365 g/mol. The Kier molecular flexibility index (Phi) is 7.05. The van der Waals surface area contributed by atoms with Gasteiger partial charge in [0.15, 0.2) is 0 Å². The third kappa shape index (κ3) is 6.21. The quantitative estimate of drug-likeness (QED) is 0.745. The molecule has 1 fully saturated rings. The lowest BCUT2D eigenvalue weighted by Crippen LogP contribution is -2.40. The van der Waals surface area contributed by atoms with E-state index in [9.17, 15) is 4.79 Å². The molecule has 0 radical (unpaired) electrons. The zero-order valence-electron chi connectivity index (χ0n) is 16.7. The molecule has 1 aliphatic heterocycles. The van der Waals surface area contributed by atoms with Crippen LogP contribution >= 0.6 is 0 Å². The lowest BCUT2D eigenvalue weighted by Gasteiger charge is -2.31. The molecule has 0 spiro atoms. The molecule has 0 unspecified atom stereocenters. The molecular formula is C24H32N2O. The van der Waals surface area contributed by atoms with Crippen LogP contribution in [-0.2, 0) is 17.8 Å². The molecule has 27 heavy (non-hydrogen) atoms. The molecule has 3 rings (SSSR count). The van der Waals surface area contributed by atoms with Crippen molar-refractivity contribution in [1.29, 1.82) is 0 Å². The van der Waals surface area contributed by atoms with Crippen molar-refractivity contribution in [1.82, 2.24) is 10.2 Å². The number of amides is 1. The number of hydrogen-bond donors (Lipinski definition) is 1. The fourth-order valence-electron chi connectivity index (χ4n) is 3.82. The summed E-state index contributed by atoms with van der Waals surface area (Å²) in [6.07, 6.45) is 3.96. The van der Waals surface area contributed by atoms with Crippen LogP contribution in [0.1, 0.15) is 41.5 Å². The number of piperidine rings is 1.